The van der Waals surface area contributed by atoms with E-state index >= 15 is 0 Å². The maximum atomic E-state index is 10.5. The molecule has 4 heteroatoms. The van der Waals surface area contributed by atoms with Crippen LogP contribution in [0.2, 0.25) is 0 Å². The van der Waals surface area contributed by atoms with Crippen molar-refractivity contribution in [2.24, 2.45) is 5.92 Å². The summed E-state index contributed by atoms with van der Waals surface area (Å²) in [7, 11) is 0. The average molecular weight is 341 g/mol. The zero-order valence-corrected chi connectivity index (χ0v) is 13.2. The third kappa shape index (κ3) is 3.12. The van der Waals surface area contributed by atoms with Gasteiger partial charge in [0.15, 0.2) is 11.5 Å². The van der Waals surface area contributed by atoms with Crippen molar-refractivity contribution >= 4 is 15.9 Å². The molecule has 1 fully saturated rings. The number of aliphatic hydroxyl groups excluding tert-OH is 1. The van der Waals surface area contributed by atoms with Crippen molar-refractivity contribution < 1.29 is 14.6 Å². The summed E-state index contributed by atoms with van der Waals surface area (Å²) < 4.78 is 12.3. The monoisotopic (exact) mass is 340 g/mol. The Labute approximate surface area is 128 Å². The summed E-state index contributed by atoms with van der Waals surface area (Å²) in [6.07, 6.45) is 6.42. The number of ether oxygens (including phenoxy) is 2. The van der Waals surface area contributed by atoms with E-state index in [4.69, 9.17) is 9.47 Å². The first kappa shape index (κ1) is 14.2. The zero-order valence-electron chi connectivity index (χ0n) is 11.6. The molecular weight excluding hydrogens is 320 g/mol. The molecule has 0 amide bonds. The Morgan fingerprint density at radius 2 is 1.75 bits per heavy atom. The van der Waals surface area contributed by atoms with Crippen LogP contribution in [0.3, 0.4) is 0 Å². The van der Waals surface area contributed by atoms with Crippen molar-refractivity contribution in [3.63, 3.8) is 0 Å². The molecule has 1 heterocycles. The highest BCUT2D eigenvalue weighted by Gasteiger charge is 2.23. The van der Waals surface area contributed by atoms with Gasteiger partial charge in [-0.2, -0.15) is 0 Å². The average Bonchev–Trinajstić information content (AvgIpc) is 2.82. The highest BCUT2D eigenvalue weighted by molar-refractivity contribution is 9.10. The van der Waals surface area contributed by atoms with Crippen molar-refractivity contribution in [1.29, 1.82) is 0 Å². The molecule has 0 aromatic heterocycles. The lowest BCUT2D eigenvalue weighted by Gasteiger charge is -2.19. The van der Waals surface area contributed by atoms with Crippen LogP contribution >= 0.6 is 15.9 Å². The van der Waals surface area contributed by atoms with Gasteiger partial charge < -0.3 is 14.6 Å². The standard InChI is InChI=1S/C16H21BrO3/c17-13-10-16-15(19-6-3-7-20-16)9-12(13)14(18)8-11-4-1-2-5-11/h9-11,14,18H,1-8H2. The summed E-state index contributed by atoms with van der Waals surface area (Å²) in [5.74, 6) is 2.19. The van der Waals surface area contributed by atoms with Crippen LogP contribution in [0.25, 0.3) is 0 Å². The number of rotatable bonds is 3. The molecule has 1 aromatic rings. The van der Waals surface area contributed by atoms with Crippen LogP contribution < -0.4 is 9.47 Å². The molecule has 2 aliphatic rings. The van der Waals surface area contributed by atoms with Crippen molar-refractivity contribution in [3.8, 4) is 11.5 Å². The first-order valence-corrected chi connectivity index (χ1v) is 8.30. The fourth-order valence-electron chi connectivity index (χ4n) is 3.14. The lowest BCUT2D eigenvalue weighted by atomic mass is 9.95. The predicted octanol–water partition coefficient (Wildman–Crippen LogP) is 4.22. The minimum absolute atomic E-state index is 0.426. The summed E-state index contributed by atoms with van der Waals surface area (Å²) in [5, 5.41) is 10.5. The molecule has 1 saturated carbocycles. The summed E-state index contributed by atoms with van der Waals surface area (Å²) >= 11 is 3.56. The van der Waals surface area contributed by atoms with Gasteiger partial charge >= 0.3 is 0 Å². The number of benzene rings is 1. The van der Waals surface area contributed by atoms with E-state index < -0.39 is 6.10 Å². The second-order valence-electron chi connectivity index (χ2n) is 5.77. The van der Waals surface area contributed by atoms with Crippen LogP contribution in [0.1, 0.15) is 50.2 Å². The second kappa shape index (κ2) is 6.35. The van der Waals surface area contributed by atoms with E-state index in [0.717, 1.165) is 34.4 Å². The lowest BCUT2D eigenvalue weighted by Crippen LogP contribution is -2.06. The quantitative estimate of drug-likeness (QED) is 0.894. The lowest BCUT2D eigenvalue weighted by molar-refractivity contribution is 0.143. The van der Waals surface area contributed by atoms with E-state index in [1.54, 1.807) is 0 Å². The topological polar surface area (TPSA) is 38.7 Å². The van der Waals surface area contributed by atoms with Crippen molar-refractivity contribution in [1.82, 2.24) is 0 Å². The van der Waals surface area contributed by atoms with E-state index in [9.17, 15) is 5.11 Å². The second-order valence-corrected chi connectivity index (χ2v) is 6.63. The van der Waals surface area contributed by atoms with E-state index in [1.807, 2.05) is 12.1 Å². The Hall–Kier alpha value is -0.740. The van der Waals surface area contributed by atoms with Crippen LogP contribution in [0, 0.1) is 5.92 Å². The van der Waals surface area contributed by atoms with Crippen molar-refractivity contribution in [2.75, 3.05) is 13.2 Å². The number of hydrogen-bond acceptors (Lipinski definition) is 3. The van der Waals surface area contributed by atoms with E-state index in [2.05, 4.69) is 15.9 Å². The smallest absolute Gasteiger partial charge is 0.162 e. The molecule has 0 bridgehead atoms. The van der Waals surface area contributed by atoms with Gasteiger partial charge in [-0.15, -0.1) is 0 Å². The molecule has 1 aliphatic heterocycles. The molecule has 110 valence electrons. The highest BCUT2D eigenvalue weighted by Crippen LogP contribution is 2.40. The predicted molar refractivity (Wildman–Crippen MR) is 81.3 cm³/mol. The van der Waals surface area contributed by atoms with E-state index in [0.29, 0.717) is 19.1 Å². The van der Waals surface area contributed by atoms with Gasteiger partial charge in [0.1, 0.15) is 0 Å². The Balaban J connectivity index is 1.79. The maximum Gasteiger partial charge on any atom is 0.162 e. The summed E-state index contributed by atoms with van der Waals surface area (Å²) in [6, 6.07) is 3.86. The number of halogens is 1. The van der Waals surface area contributed by atoms with Crippen LogP contribution in [0.5, 0.6) is 11.5 Å². The third-order valence-electron chi connectivity index (χ3n) is 4.26. The molecule has 1 aliphatic carbocycles. The molecular formula is C16H21BrO3. The highest BCUT2D eigenvalue weighted by atomic mass is 79.9. The molecule has 1 unspecified atom stereocenters. The molecule has 20 heavy (non-hydrogen) atoms. The molecule has 3 nitrogen and oxygen atoms in total. The van der Waals surface area contributed by atoms with Gasteiger partial charge in [-0.1, -0.05) is 41.6 Å². The van der Waals surface area contributed by atoms with E-state index in [1.165, 1.54) is 25.7 Å². The zero-order chi connectivity index (χ0) is 13.9. The fraction of sp³-hybridized carbons (Fsp3) is 0.625. The van der Waals surface area contributed by atoms with Gasteiger partial charge in [-0.05, 0) is 30.0 Å². The largest absolute Gasteiger partial charge is 0.490 e. The van der Waals surface area contributed by atoms with Gasteiger partial charge in [-0.25, -0.2) is 0 Å². The van der Waals surface area contributed by atoms with Gasteiger partial charge in [-0.3, -0.25) is 0 Å². The number of fused-ring (bicyclic) bond motifs is 1. The summed E-state index contributed by atoms with van der Waals surface area (Å²) in [5.41, 5.74) is 0.918. The Kier molecular flexibility index (Phi) is 4.51. The molecule has 3 rings (SSSR count). The molecule has 0 radical (unpaired) electrons. The Morgan fingerprint density at radius 3 is 2.45 bits per heavy atom. The minimum Gasteiger partial charge on any atom is -0.490 e. The molecule has 0 saturated heterocycles. The summed E-state index contributed by atoms with van der Waals surface area (Å²) in [4.78, 5) is 0. The molecule has 0 spiro atoms. The van der Waals surface area contributed by atoms with Crippen LogP contribution in [0.15, 0.2) is 16.6 Å². The molecule has 1 atom stereocenters. The van der Waals surface area contributed by atoms with Crippen molar-refractivity contribution in [2.45, 2.75) is 44.6 Å². The van der Waals surface area contributed by atoms with Crippen LogP contribution in [-0.2, 0) is 0 Å². The minimum atomic E-state index is -0.426. The van der Waals surface area contributed by atoms with Gasteiger partial charge in [0.05, 0.1) is 19.3 Å². The van der Waals surface area contributed by atoms with Gasteiger partial charge in [0, 0.05) is 10.9 Å². The van der Waals surface area contributed by atoms with Crippen molar-refractivity contribution in [3.05, 3.63) is 22.2 Å². The molecule has 1 aromatic carbocycles. The van der Waals surface area contributed by atoms with Gasteiger partial charge in [0.2, 0.25) is 0 Å². The van der Waals surface area contributed by atoms with Crippen LogP contribution in [0.4, 0.5) is 0 Å². The SMILES string of the molecule is OC(CC1CCCC1)c1cc2c(cc1Br)OCCCO2. The first-order chi connectivity index (χ1) is 9.74. The van der Waals surface area contributed by atoms with E-state index in [-0.39, 0.29) is 0 Å². The number of aliphatic hydroxyl groups is 1. The van der Waals surface area contributed by atoms with Gasteiger partial charge in [0.25, 0.3) is 0 Å². The summed E-state index contributed by atoms with van der Waals surface area (Å²) in [6.45, 7) is 1.36. The normalized spacial score (nSPS) is 20.7. The number of hydrogen-bond donors (Lipinski definition) is 1. The fourth-order valence-corrected chi connectivity index (χ4v) is 3.73. The first-order valence-electron chi connectivity index (χ1n) is 7.51. The maximum absolute atomic E-state index is 10.5. The van der Waals surface area contributed by atoms with Crippen LogP contribution in [-0.4, -0.2) is 18.3 Å². The Bertz CT molecular complexity index is 469. The Morgan fingerprint density at radius 1 is 1.10 bits per heavy atom. The molecule has 1 N–H and O–H groups in total. The third-order valence-corrected chi connectivity index (χ3v) is 4.94.